The first-order chi connectivity index (χ1) is 14.7. The number of rotatable bonds is 3. The second-order valence-corrected chi connectivity index (χ2v) is 8.71. The van der Waals surface area contributed by atoms with Gasteiger partial charge in [-0.3, -0.25) is 25.2 Å². The first-order valence-corrected chi connectivity index (χ1v) is 10.1. The van der Waals surface area contributed by atoms with Crippen molar-refractivity contribution in [3.05, 3.63) is 53.6 Å². The van der Waals surface area contributed by atoms with Gasteiger partial charge in [0.25, 0.3) is 5.91 Å². The lowest BCUT2D eigenvalue weighted by molar-refractivity contribution is -0.126. The summed E-state index contributed by atoms with van der Waals surface area (Å²) in [5, 5.41) is 0. The molecule has 0 saturated carbocycles. The molecule has 1 saturated heterocycles. The molecule has 0 aliphatic carbocycles. The molecular weight excluding hydrogens is 398 g/mol. The molecule has 0 aromatic heterocycles. The molecule has 0 bridgehead atoms. The number of anilines is 1. The Labute approximate surface area is 180 Å². The zero-order chi connectivity index (χ0) is 22.2. The zero-order valence-electron chi connectivity index (χ0n) is 17.7. The van der Waals surface area contributed by atoms with E-state index in [-0.39, 0.29) is 31.1 Å². The number of carbonyl (C=O) groups excluding carboxylic acids is 3. The molecule has 0 unspecified atom stereocenters. The summed E-state index contributed by atoms with van der Waals surface area (Å²) < 4.78 is 10.6. The van der Waals surface area contributed by atoms with Gasteiger partial charge in [0.1, 0.15) is 0 Å². The predicted octanol–water partition coefficient (Wildman–Crippen LogP) is 2.53. The summed E-state index contributed by atoms with van der Waals surface area (Å²) in [4.78, 5) is 38.9. The van der Waals surface area contributed by atoms with Gasteiger partial charge in [-0.25, -0.2) is 0 Å². The van der Waals surface area contributed by atoms with Gasteiger partial charge in [-0.2, -0.15) is 0 Å². The second kappa shape index (κ2) is 7.94. The van der Waals surface area contributed by atoms with Crippen molar-refractivity contribution in [3.8, 4) is 11.5 Å². The fourth-order valence-electron chi connectivity index (χ4n) is 3.60. The van der Waals surface area contributed by atoms with Crippen molar-refractivity contribution in [1.82, 2.24) is 10.9 Å². The summed E-state index contributed by atoms with van der Waals surface area (Å²) in [5.74, 6) is -0.350. The Morgan fingerprint density at radius 1 is 1.00 bits per heavy atom. The second-order valence-electron chi connectivity index (χ2n) is 8.71. The van der Waals surface area contributed by atoms with Crippen LogP contribution in [-0.2, 0) is 15.0 Å². The Kier molecular flexibility index (Phi) is 5.31. The van der Waals surface area contributed by atoms with Gasteiger partial charge in [0, 0.05) is 30.3 Å². The third-order valence-electron chi connectivity index (χ3n) is 5.48. The summed E-state index contributed by atoms with van der Waals surface area (Å²) in [5.41, 5.74) is 7.06. The maximum absolute atomic E-state index is 12.5. The average molecular weight is 423 g/mol. The number of nitrogens with zero attached hydrogens (tertiary/aromatic N) is 1. The summed E-state index contributed by atoms with van der Waals surface area (Å²) >= 11 is 0. The summed E-state index contributed by atoms with van der Waals surface area (Å²) in [7, 11) is 0. The maximum atomic E-state index is 12.5. The predicted molar refractivity (Wildman–Crippen MR) is 114 cm³/mol. The SMILES string of the molecule is CC(C)(C)c1ccc(C(=O)NNC(=O)[C@@H]2CC(=O)N(c3ccc4c(c3)OCO4)C2)cc1. The Hall–Kier alpha value is -3.55. The largest absolute Gasteiger partial charge is 0.454 e. The Morgan fingerprint density at radius 2 is 1.71 bits per heavy atom. The molecular formula is C23H25N3O5. The fraction of sp³-hybridized carbons (Fsp3) is 0.348. The van der Waals surface area contributed by atoms with Gasteiger partial charge in [0.2, 0.25) is 18.6 Å². The minimum Gasteiger partial charge on any atom is -0.454 e. The van der Waals surface area contributed by atoms with Crippen molar-refractivity contribution in [2.24, 2.45) is 5.92 Å². The van der Waals surface area contributed by atoms with E-state index in [1.807, 2.05) is 12.1 Å². The van der Waals surface area contributed by atoms with Crippen LogP contribution in [0.5, 0.6) is 11.5 Å². The molecule has 0 spiro atoms. The highest BCUT2D eigenvalue weighted by Gasteiger charge is 2.36. The minimum atomic E-state index is -0.568. The molecule has 2 heterocycles. The minimum absolute atomic E-state index is 0.0118. The summed E-state index contributed by atoms with van der Waals surface area (Å²) in [6.45, 7) is 6.66. The van der Waals surface area contributed by atoms with Gasteiger partial charge in [0.15, 0.2) is 11.5 Å². The first kappa shape index (κ1) is 20.7. The number of fused-ring (bicyclic) bond motifs is 1. The molecule has 2 aromatic rings. The van der Waals surface area contributed by atoms with Crippen molar-refractivity contribution < 1.29 is 23.9 Å². The average Bonchev–Trinajstić information content (AvgIpc) is 3.37. The van der Waals surface area contributed by atoms with Crippen LogP contribution in [0.1, 0.15) is 43.1 Å². The molecule has 2 aliphatic rings. The molecule has 2 aliphatic heterocycles. The molecule has 2 N–H and O–H groups in total. The maximum Gasteiger partial charge on any atom is 0.269 e. The van der Waals surface area contributed by atoms with E-state index in [0.29, 0.717) is 22.7 Å². The molecule has 1 fully saturated rings. The monoisotopic (exact) mass is 423 g/mol. The van der Waals surface area contributed by atoms with E-state index in [0.717, 1.165) is 5.56 Å². The Bertz CT molecular complexity index is 1030. The summed E-state index contributed by atoms with van der Waals surface area (Å²) in [6, 6.07) is 12.5. The van der Waals surface area contributed by atoms with Gasteiger partial charge < -0.3 is 14.4 Å². The van der Waals surface area contributed by atoms with Crippen LogP contribution in [0.15, 0.2) is 42.5 Å². The molecule has 162 valence electrons. The van der Waals surface area contributed by atoms with Crippen LogP contribution in [-0.4, -0.2) is 31.1 Å². The molecule has 8 heteroatoms. The lowest BCUT2D eigenvalue weighted by atomic mass is 9.87. The lowest BCUT2D eigenvalue weighted by Gasteiger charge is -2.19. The van der Waals surface area contributed by atoms with E-state index >= 15 is 0 Å². The topological polar surface area (TPSA) is 97.0 Å². The number of carbonyl (C=O) groups is 3. The molecule has 31 heavy (non-hydrogen) atoms. The Balaban J connectivity index is 1.34. The van der Waals surface area contributed by atoms with Crippen LogP contribution in [0.3, 0.4) is 0 Å². The van der Waals surface area contributed by atoms with Crippen molar-refractivity contribution in [2.45, 2.75) is 32.6 Å². The van der Waals surface area contributed by atoms with E-state index in [1.165, 1.54) is 0 Å². The summed E-state index contributed by atoms with van der Waals surface area (Å²) in [6.07, 6.45) is 0.0659. The Morgan fingerprint density at radius 3 is 2.42 bits per heavy atom. The van der Waals surface area contributed by atoms with E-state index in [9.17, 15) is 14.4 Å². The van der Waals surface area contributed by atoms with Crippen molar-refractivity contribution in [2.75, 3.05) is 18.2 Å². The highest BCUT2D eigenvalue weighted by Crippen LogP contribution is 2.37. The highest BCUT2D eigenvalue weighted by atomic mass is 16.7. The van der Waals surface area contributed by atoms with E-state index in [1.54, 1.807) is 35.2 Å². The zero-order valence-corrected chi connectivity index (χ0v) is 17.7. The number of hydrogen-bond donors (Lipinski definition) is 2. The van der Waals surface area contributed by atoms with Crippen LogP contribution < -0.4 is 25.2 Å². The number of nitrogens with one attached hydrogen (secondary N) is 2. The van der Waals surface area contributed by atoms with Gasteiger partial charge in [-0.05, 0) is 35.2 Å². The number of hydrogen-bond acceptors (Lipinski definition) is 5. The molecule has 0 radical (unpaired) electrons. The highest BCUT2D eigenvalue weighted by molar-refractivity contribution is 6.01. The van der Waals surface area contributed by atoms with Crippen LogP contribution in [0, 0.1) is 5.92 Å². The molecule has 2 aromatic carbocycles. The van der Waals surface area contributed by atoms with Gasteiger partial charge in [-0.1, -0.05) is 32.9 Å². The molecule has 3 amide bonds. The van der Waals surface area contributed by atoms with Crippen molar-refractivity contribution in [1.29, 1.82) is 0 Å². The van der Waals surface area contributed by atoms with Crippen LogP contribution >= 0.6 is 0 Å². The third kappa shape index (κ3) is 4.33. The normalized spacial score (nSPS) is 17.6. The standard InChI is InChI=1S/C23H25N3O5/c1-23(2,3)16-6-4-14(5-7-16)21(28)24-25-22(29)15-10-20(27)26(12-15)17-8-9-18-19(11-17)31-13-30-18/h4-9,11,15H,10,12-13H2,1-3H3,(H,24,28)(H,25,29)/t15-/m1/s1. The van der Waals surface area contributed by atoms with E-state index in [4.69, 9.17) is 9.47 Å². The van der Waals surface area contributed by atoms with Gasteiger partial charge in [0.05, 0.1) is 5.92 Å². The number of hydrazine groups is 1. The van der Waals surface area contributed by atoms with Crippen LogP contribution in [0.4, 0.5) is 5.69 Å². The molecule has 1 atom stereocenters. The van der Waals surface area contributed by atoms with Crippen molar-refractivity contribution >= 4 is 23.4 Å². The first-order valence-electron chi connectivity index (χ1n) is 10.1. The van der Waals surface area contributed by atoms with Gasteiger partial charge >= 0.3 is 0 Å². The molecule has 4 rings (SSSR count). The van der Waals surface area contributed by atoms with Gasteiger partial charge in [-0.15, -0.1) is 0 Å². The van der Waals surface area contributed by atoms with E-state index in [2.05, 4.69) is 31.6 Å². The third-order valence-corrected chi connectivity index (χ3v) is 5.48. The number of ether oxygens (including phenoxy) is 2. The smallest absolute Gasteiger partial charge is 0.269 e. The van der Waals surface area contributed by atoms with Crippen molar-refractivity contribution in [3.63, 3.8) is 0 Å². The van der Waals surface area contributed by atoms with Crippen LogP contribution in [0.25, 0.3) is 0 Å². The fourth-order valence-corrected chi connectivity index (χ4v) is 3.60. The number of benzene rings is 2. The lowest BCUT2D eigenvalue weighted by Crippen LogP contribution is -2.45. The van der Waals surface area contributed by atoms with E-state index < -0.39 is 17.7 Å². The van der Waals surface area contributed by atoms with Crippen LogP contribution in [0.2, 0.25) is 0 Å². The number of amides is 3. The molecule has 8 nitrogen and oxygen atoms in total. The quantitative estimate of drug-likeness (QED) is 0.740.